The molecule has 0 saturated heterocycles. The summed E-state index contributed by atoms with van der Waals surface area (Å²) in [5, 5.41) is 2.81. The van der Waals surface area contributed by atoms with Crippen molar-refractivity contribution in [3.63, 3.8) is 0 Å². The number of ketones is 1. The molecule has 1 heterocycles. The maximum absolute atomic E-state index is 12.6. The Labute approximate surface area is 130 Å². The number of nitrogen functional groups attached to an aromatic ring is 1. The van der Waals surface area contributed by atoms with Crippen molar-refractivity contribution < 1.29 is 9.59 Å². The van der Waals surface area contributed by atoms with Gasteiger partial charge in [0.15, 0.2) is 5.78 Å². The standard InChI is InChI=1S/C16H13BrN2O2/c17-15-11(2-1-3-12(15)18)16(21)10-4-6-13-9(8-10)5-7-14(20)19-13/h1-4,6,8H,5,7,18H2,(H,19,20). The van der Waals surface area contributed by atoms with E-state index in [9.17, 15) is 9.59 Å². The number of carbonyl (C=O) groups excluding carboxylic acids is 2. The number of nitrogens with one attached hydrogen (secondary N) is 1. The second-order valence-electron chi connectivity index (χ2n) is 4.96. The first-order valence-electron chi connectivity index (χ1n) is 6.58. The second-order valence-corrected chi connectivity index (χ2v) is 5.75. The number of aryl methyl sites for hydroxylation is 1. The van der Waals surface area contributed by atoms with E-state index in [1.165, 1.54) is 0 Å². The van der Waals surface area contributed by atoms with Crippen molar-refractivity contribution in [1.82, 2.24) is 0 Å². The number of nitrogens with two attached hydrogens (primary N) is 1. The van der Waals surface area contributed by atoms with E-state index < -0.39 is 0 Å². The number of hydrogen-bond acceptors (Lipinski definition) is 3. The van der Waals surface area contributed by atoms with Crippen molar-refractivity contribution in [2.24, 2.45) is 0 Å². The van der Waals surface area contributed by atoms with E-state index in [0.717, 1.165) is 11.3 Å². The zero-order chi connectivity index (χ0) is 15.0. The molecule has 0 bridgehead atoms. The summed E-state index contributed by atoms with van der Waals surface area (Å²) in [5.74, 6) is -0.0750. The molecule has 0 atom stereocenters. The molecule has 106 valence electrons. The highest BCUT2D eigenvalue weighted by Gasteiger charge is 2.19. The molecule has 0 spiro atoms. The minimum atomic E-state index is -0.0890. The van der Waals surface area contributed by atoms with Gasteiger partial charge >= 0.3 is 0 Å². The molecule has 5 heteroatoms. The van der Waals surface area contributed by atoms with E-state index in [1.54, 1.807) is 30.3 Å². The largest absolute Gasteiger partial charge is 0.398 e. The lowest BCUT2D eigenvalue weighted by Gasteiger charge is -2.17. The van der Waals surface area contributed by atoms with Gasteiger partial charge in [-0.1, -0.05) is 6.07 Å². The van der Waals surface area contributed by atoms with Gasteiger partial charge in [-0.05, 0) is 58.2 Å². The molecule has 1 amide bonds. The molecule has 0 aliphatic carbocycles. The van der Waals surface area contributed by atoms with E-state index in [-0.39, 0.29) is 11.7 Å². The molecule has 21 heavy (non-hydrogen) atoms. The Morgan fingerprint density at radius 1 is 1.19 bits per heavy atom. The van der Waals surface area contributed by atoms with E-state index >= 15 is 0 Å². The Kier molecular flexibility index (Phi) is 3.51. The van der Waals surface area contributed by atoms with E-state index in [1.807, 2.05) is 6.07 Å². The molecule has 3 N–H and O–H groups in total. The molecule has 2 aromatic carbocycles. The number of rotatable bonds is 2. The Morgan fingerprint density at radius 2 is 2.00 bits per heavy atom. The fraction of sp³-hybridized carbons (Fsp3) is 0.125. The van der Waals surface area contributed by atoms with Crippen molar-refractivity contribution in [2.45, 2.75) is 12.8 Å². The molecule has 3 rings (SSSR count). The average Bonchev–Trinajstić information content (AvgIpc) is 2.49. The van der Waals surface area contributed by atoms with Crippen LogP contribution in [0.3, 0.4) is 0 Å². The van der Waals surface area contributed by atoms with Crippen LogP contribution in [0.4, 0.5) is 11.4 Å². The summed E-state index contributed by atoms with van der Waals surface area (Å²) in [6.45, 7) is 0. The van der Waals surface area contributed by atoms with Gasteiger partial charge in [-0.15, -0.1) is 0 Å². The van der Waals surface area contributed by atoms with Gasteiger partial charge in [-0.3, -0.25) is 9.59 Å². The van der Waals surface area contributed by atoms with E-state index in [2.05, 4.69) is 21.2 Å². The number of halogens is 1. The summed E-state index contributed by atoms with van der Waals surface area (Å²) in [5.41, 5.74) is 9.25. The monoisotopic (exact) mass is 344 g/mol. The lowest BCUT2D eigenvalue weighted by molar-refractivity contribution is -0.116. The minimum Gasteiger partial charge on any atom is -0.398 e. The lowest BCUT2D eigenvalue weighted by Crippen LogP contribution is -2.19. The Balaban J connectivity index is 1.99. The summed E-state index contributed by atoms with van der Waals surface area (Å²) < 4.78 is 0.612. The van der Waals surface area contributed by atoms with Crippen molar-refractivity contribution in [2.75, 3.05) is 11.1 Å². The summed E-state index contributed by atoms with van der Waals surface area (Å²) >= 11 is 3.36. The van der Waals surface area contributed by atoms with Crippen LogP contribution in [0.15, 0.2) is 40.9 Å². The SMILES string of the molecule is Nc1cccc(C(=O)c2ccc3c(c2)CCC(=O)N3)c1Br. The Bertz CT molecular complexity index is 756. The van der Waals surface area contributed by atoms with Gasteiger partial charge in [0.25, 0.3) is 0 Å². The molecular formula is C16H13BrN2O2. The third-order valence-electron chi connectivity index (χ3n) is 3.54. The second kappa shape index (κ2) is 5.33. The van der Waals surface area contributed by atoms with Gasteiger partial charge in [0.2, 0.25) is 5.91 Å². The normalized spacial score (nSPS) is 13.5. The van der Waals surface area contributed by atoms with Crippen LogP contribution in [0.2, 0.25) is 0 Å². The molecular weight excluding hydrogens is 332 g/mol. The first kappa shape index (κ1) is 13.8. The van der Waals surface area contributed by atoms with Crippen LogP contribution in [-0.4, -0.2) is 11.7 Å². The zero-order valence-corrected chi connectivity index (χ0v) is 12.7. The van der Waals surface area contributed by atoms with Gasteiger partial charge in [-0.2, -0.15) is 0 Å². The number of fused-ring (bicyclic) bond motifs is 1. The number of carbonyl (C=O) groups is 2. The number of amides is 1. The van der Waals surface area contributed by atoms with Crippen molar-refractivity contribution >= 4 is 39.0 Å². The van der Waals surface area contributed by atoms with Crippen LogP contribution >= 0.6 is 15.9 Å². The lowest BCUT2D eigenvalue weighted by atomic mass is 9.96. The van der Waals surface area contributed by atoms with Crippen molar-refractivity contribution in [3.8, 4) is 0 Å². The average molecular weight is 345 g/mol. The molecule has 2 aromatic rings. The van der Waals surface area contributed by atoms with Gasteiger partial charge in [0.05, 0.1) is 4.47 Å². The molecule has 4 nitrogen and oxygen atoms in total. The summed E-state index contributed by atoms with van der Waals surface area (Å²) in [6.07, 6.45) is 1.10. The van der Waals surface area contributed by atoms with Crippen LogP contribution < -0.4 is 11.1 Å². The zero-order valence-electron chi connectivity index (χ0n) is 11.2. The quantitative estimate of drug-likeness (QED) is 0.649. The molecule has 0 saturated carbocycles. The van der Waals surface area contributed by atoms with Gasteiger partial charge < -0.3 is 11.1 Å². The highest BCUT2D eigenvalue weighted by Crippen LogP contribution is 2.28. The molecule has 0 radical (unpaired) electrons. The number of hydrogen-bond donors (Lipinski definition) is 2. The summed E-state index contributed by atoms with van der Waals surface area (Å²) in [4.78, 5) is 23.9. The van der Waals surface area contributed by atoms with Gasteiger partial charge in [-0.25, -0.2) is 0 Å². The summed E-state index contributed by atoms with van der Waals surface area (Å²) in [7, 11) is 0. The minimum absolute atomic E-state index is 0.0140. The molecule has 1 aliphatic rings. The third kappa shape index (κ3) is 2.56. The Hall–Kier alpha value is -2.14. The van der Waals surface area contributed by atoms with E-state index in [0.29, 0.717) is 34.1 Å². The van der Waals surface area contributed by atoms with Gasteiger partial charge in [0, 0.05) is 28.9 Å². The van der Waals surface area contributed by atoms with Crippen LogP contribution in [0.5, 0.6) is 0 Å². The predicted molar refractivity (Wildman–Crippen MR) is 85.4 cm³/mol. The maximum Gasteiger partial charge on any atom is 0.224 e. The van der Waals surface area contributed by atoms with E-state index in [4.69, 9.17) is 5.73 Å². The van der Waals surface area contributed by atoms with Crippen molar-refractivity contribution in [3.05, 3.63) is 57.6 Å². The smallest absolute Gasteiger partial charge is 0.224 e. The fourth-order valence-corrected chi connectivity index (χ4v) is 2.85. The Morgan fingerprint density at radius 3 is 2.81 bits per heavy atom. The summed E-state index contributed by atoms with van der Waals surface area (Å²) in [6, 6.07) is 10.6. The number of anilines is 2. The topological polar surface area (TPSA) is 72.2 Å². The number of benzene rings is 2. The molecule has 0 fully saturated rings. The predicted octanol–water partition coefficient (Wildman–Crippen LogP) is 3.15. The van der Waals surface area contributed by atoms with Gasteiger partial charge in [0.1, 0.15) is 0 Å². The fourth-order valence-electron chi connectivity index (χ4n) is 2.41. The first-order valence-corrected chi connectivity index (χ1v) is 7.37. The first-order chi connectivity index (χ1) is 10.1. The molecule has 0 aromatic heterocycles. The maximum atomic E-state index is 12.6. The molecule has 0 unspecified atom stereocenters. The molecule has 1 aliphatic heterocycles. The third-order valence-corrected chi connectivity index (χ3v) is 4.42. The highest BCUT2D eigenvalue weighted by atomic mass is 79.9. The van der Waals surface area contributed by atoms with Crippen LogP contribution in [-0.2, 0) is 11.2 Å². The van der Waals surface area contributed by atoms with Crippen LogP contribution in [0.1, 0.15) is 27.9 Å². The van der Waals surface area contributed by atoms with Crippen LogP contribution in [0.25, 0.3) is 0 Å². The van der Waals surface area contributed by atoms with Crippen molar-refractivity contribution in [1.29, 1.82) is 0 Å². The highest BCUT2D eigenvalue weighted by molar-refractivity contribution is 9.10. The van der Waals surface area contributed by atoms with Crippen LogP contribution in [0, 0.1) is 0 Å².